The van der Waals surface area contributed by atoms with Crippen molar-refractivity contribution in [1.82, 2.24) is 20.4 Å². The quantitative estimate of drug-likeness (QED) is 0.735. The molecule has 0 aliphatic heterocycles. The SMILES string of the molecule is CN(C)CCCNC(=O)c1ccc(Nc2ccc(Cl)c(Cl)c2)nn1. The maximum Gasteiger partial charge on any atom is 0.271 e. The highest BCUT2D eigenvalue weighted by Gasteiger charge is 2.08. The minimum Gasteiger partial charge on any atom is -0.351 e. The lowest BCUT2D eigenvalue weighted by molar-refractivity contribution is 0.0946. The van der Waals surface area contributed by atoms with Crippen LogP contribution in [-0.4, -0.2) is 48.2 Å². The van der Waals surface area contributed by atoms with Gasteiger partial charge in [0.05, 0.1) is 10.0 Å². The van der Waals surface area contributed by atoms with Crippen LogP contribution in [0.25, 0.3) is 0 Å². The van der Waals surface area contributed by atoms with E-state index in [1.807, 2.05) is 14.1 Å². The topological polar surface area (TPSA) is 70.2 Å². The van der Waals surface area contributed by atoms with Crippen LogP contribution >= 0.6 is 23.2 Å². The van der Waals surface area contributed by atoms with E-state index in [-0.39, 0.29) is 11.6 Å². The molecule has 24 heavy (non-hydrogen) atoms. The third kappa shape index (κ3) is 5.63. The molecule has 8 heteroatoms. The molecule has 0 bridgehead atoms. The second-order valence-electron chi connectivity index (χ2n) is 5.47. The van der Waals surface area contributed by atoms with Crippen LogP contribution in [0.1, 0.15) is 16.9 Å². The molecule has 128 valence electrons. The Morgan fingerprint density at radius 3 is 2.54 bits per heavy atom. The fraction of sp³-hybridized carbons (Fsp3) is 0.312. The molecule has 2 N–H and O–H groups in total. The van der Waals surface area contributed by atoms with Crippen molar-refractivity contribution in [3.05, 3.63) is 46.1 Å². The van der Waals surface area contributed by atoms with Crippen molar-refractivity contribution in [2.45, 2.75) is 6.42 Å². The van der Waals surface area contributed by atoms with Gasteiger partial charge in [0, 0.05) is 12.2 Å². The van der Waals surface area contributed by atoms with Crippen LogP contribution < -0.4 is 10.6 Å². The average Bonchev–Trinajstić information content (AvgIpc) is 2.55. The number of carbonyl (C=O) groups is 1. The van der Waals surface area contributed by atoms with E-state index >= 15 is 0 Å². The molecule has 2 rings (SSSR count). The standard InChI is InChI=1S/C16H19Cl2N5O/c1-23(2)9-3-8-19-16(24)14-6-7-15(22-21-14)20-11-4-5-12(17)13(18)10-11/h4-7,10H,3,8-9H2,1-2H3,(H,19,24)(H,20,22). The van der Waals surface area contributed by atoms with E-state index < -0.39 is 0 Å². The van der Waals surface area contributed by atoms with Gasteiger partial charge in [-0.3, -0.25) is 4.79 Å². The van der Waals surface area contributed by atoms with Crippen molar-refractivity contribution in [3.63, 3.8) is 0 Å². The van der Waals surface area contributed by atoms with Crippen molar-refractivity contribution >= 4 is 40.6 Å². The number of hydrogen-bond acceptors (Lipinski definition) is 5. The summed E-state index contributed by atoms with van der Waals surface area (Å²) in [6.07, 6.45) is 0.878. The lowest BCUT2D eigenvalue weighted by atomic mass is 10.3. The minimum atomic E-state index is -0.234. The van der Waals surface area contributed by atoms with Crippen molar-refractivity contribution in [1.29, 1.82) is 0 Å². The molecule has 0 saturated carbocycles. The number of rotatable bonds is 7. The number of nitrogens with zero attached hydrogens (tertiary/aromatic N) is 3. The summed E-state index contributed by atoms with van der Waals surface area (Å²) in [6.45, 7) is 1.51. The van der Waals surface area contributed by atoms with Gasteiger partial charge >= 0.3 is 0 Å². The highest BCUT2D eigenvalue weighted by Crippen LogP contribution is 2.26. The van der Waals surface area contributed by atoms with E-state index in [2.05, 4.69) is 25.7 Å². The highest BCUT2D eigenvalue weighted by molar-refractivity contribution is 6.42. The summed E-state index contributed by atoms with van der Waals surface area (Å²) in [5.74, 6) is 0.278. The first-order valence-corrected chi connectivity index (χ1v) is 8.20. The van der Waals surface area contributed by atoms with Gasteiger partial charge in [-0.25, -0.2) is 0 Å². The molecule has 0 saturated heterocycles. The van der Waals surface area contributed by atoms with Gasteiger partial charge in [-0.15, -0.1) is 10.2 Å². The number of halogens is 2. The number of nitrogens with one attached hydrogen (secondary N) is 2. The van der Waals surface area contributed by atoms with E-state index in [0.717, 1.165) is 18.7 Å². The lowest BCUT2D eigenvalue weighted by Gasteiger charge is -2.10. The zero-order valence-corrected chi connectivity index (χ0v) is 15.0. The Balaban J connectivity index is 1.90. The molecule has 6 nitrogen and oxygen atoms in total. The molecule has 0 unspecified atom stereocenters. The van der Waals surface area contributed by atoms with Crippen molar-refractivity contribution in [3.8, 4) is 0 Å². The molecule has 0 atom stereocenters. The van der Waals surface area contributed by atoms with Crippen LogP contribution in [0.15, 0.2) is 30.3 Å². The Kier molecular flexibility index (Phi) is 6.78. The van der Waals surface area contributed by atoms with Gasteiger partial charge < -0.3 is 15.5 Å². The number of hydrogen-bond donors (Lipinski definition) is 2. The molecular formula is C16H19Cl2N5O. The third-order valence-corrected chi connectivity index (χ3v) is 3.90. The zero-order valence-electron chi connectivity index (χ0n) is 13.5. The number of carbonyl (C=O) groups excluding carboxylic acids is 1. The molecule has 1 heterocycles. The van der Waals surface area contributed by atoms with Crippen molar-refractivity contribution in [2.75, 3.05) is 32.5 Å². The molecule has 1 amide bonds. The number of aromatic nitrogens is 2. The molecule has 0 spiro atoms. The molecule has 1 aromatic heterocycles. The smallest absolute Gasteiger partial charge is 0.271 e. The molecule has 2 aromatic rings. The zero-order chi connectivity index (χ0) is 17.5. The second-order valence-corrected chi connectivity index (χ2v) is 6.28. The normalized spacial score (nSPS) is 10.7. The maximum atomic E-state index is 12.0. The molecule has 0 fully saturated rings. The summed E-state index contributed by atoms with van der Waals surface area (Å²) in [7, 11) is 3.99. The summed E-state index contributed by atoms with van der Waals surface area (Å²) < 4.78 is 0. The first-order valence-electron chi connectivity index (χ1n) is 7.44. The van der Waals surface area contributed by atoms with E-state index in [4.69, 9.17) is 23.2 Å². The monoisotopic (exact) mass is 367 g/mol. The van der Waals surface area contributed by atoms with Crippen LogP contribution in [0, 0.1) is 0 Å². The molecular weight excluding hydrogens is 349 g/mol. The van der Waals surface area contributed by atoms with Crippen molar-refractivity contribution in [2.24, 2.45) is 0 Å². The Hall–Kier alpha value is -1.89. The molecule has 0 radical (unpaired) electrons. The van der Waals surface area contributed by atoms with Gasteiger partial charge in [-0.2, -0.15) is 0 Å². The number of anilines is 2. The van der Waals surface area contributed by atoms with Gasteiger partial charge in [0.15, 0.2) is 11.5 Å². The predicted molar refractivity (Wildman–Crippen MR) is 97.3 cm³/mol. The first kappa shape index (κ1) is 18.4. The fourth-order valence-corrected chi connectivity index (χ4v) is 2.23. The van der Waals surface area contributed by atoms with Crippen LogP contribution in [0.5, 0.6) is 0 Å². The maximum absolute atomic E-state index is 12.0. The van der Waals surface area contributed by atoms with Gasteiger partial charge in [0.25, 0.3) is 5.91 Å². The minimum absolute atomic E-state index is 0.234. The third-order valence-electron chi connectivity index (χ3n) is 3.16. The molecule has 0 aliphatic rings. The van der Waals surface area contributed by atoms with Gasteiger partial charge in [0.2, 0.25) is 0 Å². The Labute approximate surface area is 151 Å². The summed E-state index contributed by atoms with van der Waals surface area (Å²) >= 11 is 11.8. The first-order chi connectivity index (χ1) is 11.5. The predicted octanol–water partition coefficient (Wildman–Crippen LogP) is 3.21. The Morgan fingerprint density at radius 2 is 1.92 bits per heavy atom. The van der Waals surface area contributed by atoms with Gasteiger partial charge in [-0.05, 0) is 57.4 Å². The number of amides is 1. The summed E-state index contributed by atoms with van der Waals surface area (Å²) in [4.78, 5) is 14.0. The largest absolute Gasteiger partial charge is 0.351 e. The molecule has 1 aromatic carbocycles. The molecule has 0 aliphatic carbocycles. The Morgan fingerprint density at radius 1 is 1.12 bits per heavy atom. The van der Waals surface area contributed by atoms with Crippen LogP contribution in [0.3, 0.4) is 0 Å². The Bertz CT molecular complexity index is 691. The summed E-state index contributed by atoms with van der Waals surface area (Å²) in [5.41, 5.74) is 1.01. The van der Waals surface area contributed by atoms with E-state index in [9.17, 15) is 4.79 Å². The fourth-order valence-electron chi connectivity index (χ4n) is 1.93. The summed E-state index contributed by atoms with van der Waals surface area (Å²) in [5, 5.41) is 14.7. The van der Waals surface area contributed by atoms with Gasteiger partial charge in [-0.1, -0.05) is 23.2 Å². The van der Waals surface area contributed by atoms with Crippen LogP contribution in [0.4, 0.5) is 11.5 Å². The average molecular weight is 368 g/mol. The van der Waals surface area contributed by atoms with Crippen LogP contribution in [0.2, 0.25) is 10.0 Å². The van der Waals surface area contributed by atoms with Crippen molar-refractivity contribution < 1.29 is 4.79 Å². The van der Waals surface area contributed by atoms with Gasteiger partial charge in [0.1, 0.15) is 0 Å². The van der Waals surface area contributed by atoms with E-state index in [0.29, 0.717) is 22.4 Å². The summed E-state index contributed by atoms with van der Waals surface area (Å²) in [6, 6.07) is 8.46. The van der Waals surface area contributed by atoms with E-state index in [1.165, 1.54) is 0 Å². The highest BCUT2D eigenvalue weighted by atomic mass is 35.5. The van der Waals surface area contributed by atoms with E-state index in [1.54, 1.807) is 30.3 Å². The lowest BCUT2D eigenvalue weighted by Crippen LogP contribution is -2.28. The second kappa shape index (κ2) is 8.82. The van der Waals surface area contributed by atoms with Crippen LogP contribution in [-0.2, 0) is 0 Å². The number of benzene rings is 1.